The Hall–Kier alpha value is -2.93. The number of carbonyl (C=O) groups excluding carboxylic acids is 1. The molecule has 0 aliphatic rings. The number of halogens is 1. The van der Waals surface area contributed by atoms with Crippen LogP contribution in [0.25, 0.3) is 0 Å². The van der Waals surface area contributed by atoms with Gasteiger partial charge in [0.15, 0.2) is 6.04 Å². The quantitative estimate of drug-likeness (QED) is 0.297. The van der Waals surface area contributed by atoms with Crippen molar-refractivity contribution in [2.24, 2.45) is 5.73 Å². The molecule has 8 heteroatoms. The maximum Gasteiger partial charge on any atom is 0.332 e. The molecule has 0 heterocycles. The zero-order valence-electron chi connectivity index (χ0n) is 17.9. The molecule has 7 nitrogen and oxygen atoms in total. The van der Waals surface area contributed by atoms with Crippen LogP contribution in [0.4, 0.5) is 11.4 Å². The molecule has 0 aromatic heterocycles. The van der Waals surface area contributed by atoms with Gasteiger partial charge in [0.2, 0.25) is 0 Å². The van der Waals surface area contributed by atoms with E-state index in [9.17, 15) is 4.79 Å². The van der Waals surface area contributed by atoms with Crippen LogP contribution in [0.3, 0.4) is 0 Å². The molecule has 0 aliphatic carbocycles. The van der Waals surface area contributed by atoms with E-state index in [0.29, 0.717) is 12.2 Å². The van der Waals surface area contributed by atoms with Gasteiger partial charge in [0.05, 0.1) is 19.4 Å². The van der Waals surface area contributed by atoms with Crippen molar-refractivity contribution < 1.29 is 14.3 Å². The molecule has 164 valence electrons. The van der Waals surface area contributed by atoms with Crippen molar-refractivity contribution in [3.63, 3.8) is 0 Å². The van der Waals surface area contributed by atoms with E-state index in [1.807, 2.05) is 25.1 Å². The second-order valence-corrected chi connectivity index (χ2v) is 6.42. The van der Waals surface area contributed by atoms with E-state index in [-0.39, 0.29) is 18.2 Å². The number of carbonyl (C=O) groups is 1. The van der Waals surface area contributed by atoms with Gasteiger partial charge in [0, 0.05) is 24.3 Å². The summed E-state index contributed by atoms with van der Waals surface area (Å²) in [6.45, 7) is 8.37. The summed E-state index contributed by atoms with van der Waals surface area (Å²) in [7, 11) is 1.36. The second kappa shape index (κ2) is 11.9. The monoisotopic (exact) mass is 434 g/mol. The van der Waals surface area contributed by atoms with Crippen molar-refractivity contribution in [2.45, 2.75) is 26.8 Å². The number of hydrogen-bond donors (Lipinski definition) is 3. The summed E-state index contributed by atoms with van der Waals surface area (Å²) in [5.41, 5.74) is 8.58. The molecule has 2 aromatic rings. The number of esters is 1. The Morgan fingerprint density at radius 3 is 2.27 bits per heavy atom. The van der Waals surface area contributed by atoms with Crippen molar-refractivity contribution >= 4 is 35.6 Å². The first kappa shape index (κ1) is 25.1. The molecule has 0 saturated heterocycles. The molecule has 30 heavy (non-hydrogen) atoms. The molecule has 1 atom stereocenters. The van der Waals surface area contributed by atoms with E-state index in [2.05, 4.69) is 24.1 Å². The molecule has 0 bridgehead atoms. The van der Waals surface area contributed by atoms with Crippen LogP contribution in [-0.2, 0) is 9.53 Å². The predicted molar refractivity (Wildman–Crippen MR) is 124 cm³/mol. The minimum Gasteiger partial charge on any atom is -0.492 e. The summed E-state index contributed by atoms with van der Waals surface area (Å²) >= 11 is 0. The minimum absolute atomic E-state index is 0. The van der Waals surface area contributed by atoms with Crippen LogP contribution in [0.15, 0.2) is 42.5 Å². The zero-order valence-corrected chi connectivity index (χ0v) is 18.7. The van der Waals surface area contributed by atoms with Crippen molar-refractivity contribution in [3.05, 3.63) is 53.6 Å². The molecular weight excluding hydrogens is 404 g/mol. The SMILES string of the molecule is CCOc1cc(C(Nc2ccc(C(=N)N)cc2)C(=O)OC)ccc1N(CC)CC.Cl. The van der Waals surface area contributed by atoms with Crippen molar-refractivity contribution in [1.29, 1.82) is 5.41 Å². The first-order valence-corrected chi connectivity index (χ1v) is 9.75. The van der Waals surface area contributed by atoms with Gasteiger partial charge in [0.25, 0.3) is 0 Å². The van der Waals surface area contributed by atoms with Gasteiger partial charge in [-0.3, -0.25) is 5.41 Å². The van der Waals surface area contributed by atoms with E-state index in [1.54, 1.807) is 24.3 Å². The molecule has 0 amide bonds. The highest BCUT2D eigenvalue weighted by Gasteiger charge is 2.23. The highest BCUT2D eigenvalue weighted by Crippen LogP contribution is 2.33. The van der Waals surface area contributed by atoms with Crippen LogP contribution in [-0.4, -0.2) is 38.6 Å². The van der Waals surface area contributed by atoms with Gasteiger partial charge in [-0.2, -0.15) is 0 Å². The lowest BCUT2D eigenvalue weighted by molar-refractivity contribution is -0.141. The van der Waals surface area contributed by atoms with Gasteiger partial charge in [-0.1, -0.05) is 6.07 Å². The van der Waals surface area contributed by atoms with Gasteiger partial charge in [-0.25, -0.2) is 4.79 Å². The largest absolute Gasteiger partial charge is 0.492 e. The third kappa shape index (κ3) is 6.03. The number of hydrogen-bond acceptors (Lipinski definition) is 6. The van der Waals surface area contributed by atoms with Crippen LogP contribution >= 0.6 is 12.4 Å². The van der Waals surface area contributed by atoms with Gasteiger partial charge in [0.1, 0.15) is 11.6 Å². The Bertz CT molecular complexity index is 839. The van der Waals surface area contributed by atoms with Crippen LogP contribution in [0, 0.1) is 5.41 Å². The van der Waals surface area contributed by atoms with Crippen molar-refractivity contribution in [3.8, 4) is 5.75 Å². The van der Waals surface area contributed by atoms with E-state index in [4.69, 9.17) is 20.6 Å². The van der Waals surface area contributed by atoms with Crippen molar-refractivity contribution in [1.82, 2.24) is 0 Å². The second-order valence-electron chi connectivity index (χ2n) is 6.42. The van der Waals surface area contributed by atoms with Crippen LogP contribution in [0.2, 0.25) is 0 Å². The maximum atomic E-state index is 12.5. The standard InChI is InChI=1S/C22H30N4O3.ClH/c1-5-26(6-2)18-13-10-16(14-19(18)29-7-3)20(22(27)28-4)25-17-11-8-15(9-12-17)21(23)24;/h8-14,20,25H,5-7H2,1-4H3,(H3,23,24);1H. The number of nitrogens with two attached hydrogens (primary N) is 1. The lowest BCUT2D eigenvalue weighted by Gasteiger charge is -2.25. The number of amidine groups is 1. The Kier molecular flexibility index (Phi) is 9.98. The number of nitrogen functional groups attached to an aromatic ring is 1. The number of methoxy groups -OCH3 is 1. The molecule has 0 radical (unpaired) electrons. The first-order chi connectivity index (χ1) is 13.9. The fraction of sp³-hybridized carbons (Fsp3) is 0.364. The maximum absolute atomic E-state index is 12.5. The molecule has 1 unspecified atom stereocenters. The molecule has 0 saturated carbocycles. The average Bonchev–Trinajstić information content (AvgIpc) is 2.73. The van der Waals surface area contributed by atoms with E-state index < -0.39 is 12.0 Å². The van der Waals surface area contributed by atoms with Gasteiger partial charge < -0.3 is 25.4 Å². The predicted octanol–water partition coefficient (Wildman–Crippen LogP) is 3.96. The summed E-state index contributed by atoms with van der Waals surface area (Å²) in [6.07, 6.45) is 0. The smallest absolute Gasteiger partial charge is 0.332 e. The molecular formula is C22H31ClN4O3. The summed E-state index contributed by atoms with van der Waals surface area (Å²) < 4.78 is 10.9. The molecule has 2 aromatic carbocycles. The minimum atomic E-state index is -0.701. The lowest BCUT2D eigenvalue weighted by atomic mass is 10.0. The van der Waals surface area contributed by atoms with Gasteiger partial charge >= 0.3 is 5.97 Å². The topological polar surface area (TPSA) is 101 Å². The first-order valence-electron chi connectivity index (χ1n) is 9.75. The molecule has 0 fully saturated rings. The summed E-state index contributed by atoms with van der Waals surface area (Å²) in [5, 5.41) is 10.7. The van der Waals surface area contributed by atoms with Gasteiger partial charge in [-0.05, 0) is 62.7 Å². The molecule has 4 N–H and O–H groups in total. The Balaban J connectivity index is 0.00000450. The highest BCUT2D eigenvalue weighted by atomic mass is 35.5. The van der Waals surface area contributed by atoms with E-state index in [1.165, 1.54) is 7.11 Å². The summed E-state index contributed by atoms with van der Waals surface area (Å²) in [6, 6.07) is 12.1. The number of nitrogens with one attached hydrogen (secondary N) is 2. The highest BCUT2D eigenvalue weighted by molar-refractivity contribution is 5.95. The fourth-order valence-electron chi connectivity index (χ4n) is 3.12. The summed E-state index contributed by atoms with van der Waals surface area (Å²) in [5.74, 6) is 0.324. The lowest BCUT2D eigenvalue weighted by Crippen LogP contribution is -2.24. The number of rotatable bonds is 10. The van der Waals surface area contributed by atoms with E-state index >= 15 is 0 Å². The third-order valence-corrected chi connectivity index (χ3v) is 4.66. The van der Waals surface area contributed by atoms with Crippen LogP contribution in [0.5, 0.6) is 5.75 Å². The molecule has 0 aliphatic heterocycles. The summed E-state index contributed by atoms with van der Waals surface area (Å²) in [4.78, 5) is 14.7. The number of anilines is 2. The van der Waals surface area contributed by atoms with Crippen molar-refractivity contribution in [2.75, 3.05) is 37.0 Å². The van der Waals surface area contributed by atoms with Crippen LogP contribution < -0.4 is 20.7 Å². The normalized spacial score (nSPS) is 11.1. The van der Waals surface area contributed by atoms with Gasteiger partial charge in [-0.15, -0.1) is 12.4 Å². The number of nitrogens with zero attached hydrogens (tertiary/aromatic N) is 1. The zero-order chi connectivity index (χ0) is 21.4. The third-order valence-electron chi connectivity index (χ3n) is 4.66. The molecule has 2 rings (SSSR count). The number of benzene rings is 2. The average molecular weight is 435 g/mol. The van der Waals surface area contributed by atoms with E-state index in [0.717, 1.165) is 35.8 Å². The Morgan fingerprint density at radius 1 is 1.13 bits per heavy atom. The number of ether oxygens (including phenoxy) is 2. The fourth-order valence-corrected chi connectivity index (χ4v) is 3.12. The Morgan fingerprint density at radius 2 is 1.77 bits per heavy atom. The Labute approximate surface area is 184 Å². The van der Waals surface area contributed by atoms with Crippen LogP contribution in [0.1, 0.15) is 37.9 Å². The molecule has 0 spiro atoms.